The number of likely N-dealkylation sites (N-methyl/N-ethyl adjacent to an activating group) is 1. The number of hydrogen-bond donors (Lipinski definition) is 3. The second-order valence-electron chi connectivity index (χ2n) is 14.6. The van der Waals surface area contributed by atoms with Gasteiger partial charge in [-0.05, 0) is 67.2 Å². The molecule has 0 spiro atoms. The Morgan fingerprint density at radius 2 is 1.50 bits per heavy atom. The number of fused-ring (bicyclic) bond motifs is 1. The van der Waals surface area contributed by atoms with Crippen molar-refractivity contribution in [2.24, 2.45) is 11.7 Å². The highest BCUT2D eigenvalue weighted by Crippen LogP contribution is 2.34. The van der Waals surface area contributed by atoms with Gasteiger partial charge >= 0.3 is 0 Å². The van der Waals surface area contributed by atoms with E-state index >= 15 is 0 Å². The lowest BCUT2D eigenvalue weighted by molar-refractivity contribution is -0.142. The van der Waals surface area contributed by atoms with Crippen LogP contribution in [0.3, 0.4) is 0 Å². The second kappa shape index (κ2) is 20.0. The van der Waals surface area contributed by atoms with E-state index in [-0.39, 0.29) is 48.0 Å². The Kier molecular flexibility index (Phi) is 15.2. The van der Waals surface area contributed by atoms with Gasteiger partial charge in [0.15, 0.2) is 0 Å². The van der Waals surface area contributed by atoms with Gasteiger partial charge in [-0.15, -0.1) is 0 Å². The van der Waals surface area contributed by atoms with Gasteiger partial charge in [0, 0.05) is 38.4 Å². The summed E-state index contributed by atoms with van der Waals surface area (Å²) in [6.45, 7) is 4.89. The molecule has 2 unspecified atom stereocenters. The Morgan fingerprint density at radius 1 is 0.870 bits per heavy atom. The highest BCUT2D eigenvalue weighted by molar-refractivity contribution is 8.77. The summed E-state index contributed by atoms with van der Waals surface area (Å²) in [7, 11) is 4.59. The van der Waals surface area contributed by atoms with E-state index in [4.69, 9.17) is 5.73 Å². The molecule has 3 aromatic rings. The van der Waals surface area contributed by atoms with Gasteiger partial charge in [-0.2, -0.15) is 0 Å². The molecule has 0 radical (unpaired) electrons. The highest BCUT2D eigenvalue weighted by atomic mass is 33.1. The van der Waals surface area contributed by atoms with Crippen LogP contribution in [0.4, 0.5) is 0 Å². The summed E-state index contributed by atoms with van der Waals surface area (Å²) in [5, 5.41) is 5.40. The van der Waals surface area contributed by atoms with Gasteiger partial charge in [0.1, 0.15) is 12.1 Å². The summed E-state index contributed by atoms with van der Waals surface area (Å²) in [6.07, 6.45) is 3.87. The van der Waals surface area contributed by atoms with Crippen molar-refractivity contribution in [2.75, 3.05) is 25.9 Å². The Labute approximate surface area is 327 Å². The van der Waals surface area contributed by atoms with E-state index in [0.717, 1.165) is 17.5 Å². The molecule has 0 aromatic heterocycles. The summed E-state index contributed by atoms with van der Waals surface area (Å²) in [6, 6.07) is 24.9. The number of imide groups is 1. The molecule has 2 aliphatic rings. The molecule has 0 bridgehead atoms. The maximum atomic E-state index is 14.5. The SMILES string of the molecule is CNC(=O)[C@H](Cc1ccccc1)N1CC[C@H](c2ccccc2)C[C@H](NC(=O)C(CCCCN2C(=O)c3ccccc3C2=O)SSCC(N)CC(C)C)C1=O. The topological polar surface area (TPSA) is 142 Å². The van der Waals surface area contributed by atoms with Crippen LogP contribution < -0.4 is 16.4 Å². The van der Waals surface area contributed by atoms with Crippen molar-refractivity contribution in [3.63, 3.8) is 0 Å². The van der Waals surface area contributed by atoms with E-state index in [1.54, 1.807) is 47.0 Å². The number of unbranched alkanes of at least 4 members (excludes halogenated alkanes) is 1. The third kappa shape index (κ3) is 10.8. The summed E-state index contributed by atoms with van der Waals surface area (Å²) in [5.41, 5.74) is 9.25. The Bertz CT molecular complexity index is 1710. The molecule has 4 N–H and O–H groups in total. The minimum atomic E-state index is -0.845. The molecule has 10 nitrogen and oxygen atoms in total. The maximum Gasteiger partial charge on any atom is 0.261 e. The predicted molar refractivity (Wildman–Crippen MR) is 217 cm³/mol. The molecule has 1 fully saturated rings. The van der Waals surface area contributed by atoms with Crippen LogP contribution in [0, 0.1) is 5.92 Å². The van der Waals surface area contributed by atoms with Crippen molar-refractivity contribution in [1.29, 1.82) is 0 Å². The zero-order valence-corrected chi connectivity index (χ0v) is 33.1. The fourth-order valence-corrected chi connectivity index (χ4v) is 10.1. The number of nitrogens with one attached hydrogen (secondary N) is 2. The van der Waals surface area contributed by atoms with E-state index in [2.05, 4.69) is 24.5 Å². The molecule has 0 aliphatic carbocycles. The van der Waals surface area contributed by atoms with Crippen molar-refractivity contribution in [1.82, 2.24) is 20.4 Å². The largest absolute Gasteiger partial charge is 0.357 e. The maximum absolute atomic E-state index is 14.5. The van der Waals surface area contributed by atoms with Crippen LogP contribution in [0.25, 0.3) is 0 Å². The fourth-order valence-electron chi connectivity index (χ4n) is 7.33. The van der Waals surface area contributed by atoms with E-state index in [9.17, 15) is 24.0 Å². The first kappa shape index (κ1) is 41.0. The molecule has 288 valence electrons. The predicted octanol–water partition coefficient (Wildman–Crippen LogP) is 5.82. The summed E-state index contributed by atoms with van der Waals surface area (Å²) in [5.74, 6) is -0.251. The first-order chi connectivity index (χ1) is 26.1. The molecule has 2 aliphatic heterocycles. The number of rotatable bonds is 18. The lowest BCUT2D eigenvalue weighted by Crippen LogP contribution is -2.56. The van der Waals surface area contributed by atoms with E-state index in [1.165, 1.54) is 15.7 Å². The first-order valence-corrected chi connectivity index (χ1v) is 21.4. The molecule has 12 heteroatoms. The number of nitrogens with two attached hydrogens (primary N) is 1. The standard InChI is InChI=1S/C42H53N5O5S2/c1-28(2)24-32(43)27-53-54-37(20-12-13-22-47-40(50)33-18-10-11-19-34(33)41(47)51)39(49)45-35-26-31(30-16-8-5-9-17-30)21-23-46(42(35)52)36(38(48)44-3)25-29-14-6-4-7-15-29/h4-11,14-19,28,31-32,35-37H,12-13,20-27,43H2,1-3H3,(H,44,48)(H,45,49)/t31-,32?,35-,36-,37?/m0/s1. The molecule has 0 saturated carbocycles. The van der Waals surface area contributed by atoms with Crippen LogP contribution >= 0.6 is 21.6 Å². The second-order valence-corrected chi connectivity index (χ2v) is 17.2. The van der Waals surface area contributed by atoms with Crippen LogP contribution in [0.1, 0.15) is 90.1 Å². The third-order valence-electron chi connectivity index (χ3n) is 10.1. The molecular weight excluding hydrogens is 719 g/mol. The summed E-state index contributed by atoms with van der Waals surface area (Å²) in [4.78, 5) is 71.0. The number of nitrogens with zero attached hydrogens (tertiary/aromatic N) is 2. The average molecular weight is 772 g/mol. The minimum Gasteiger partial charge on any atom is -0.357 e. The zero-order valence-electron chi connectivity index (χ0n) is 31.4. The van der Waals surface area contributed by atoms with Gasteiger partial charge in [-0.1, -0.05) is 115 Å². The van der Waals surface area contributed by atoms with Crippen LogP contribution in [0.15, 0.2) is 84.9 Å². The first-order valence-electron chi connectivity index (χ1n) is 19.0. The highest BCUT2D eigenvalue weighted by Gasteiger charge is 2.40. The van der Waals surface area contributed by atoms with E-state index in [1.807, 2.05) is 60.7 Å². The smallest absolute Gasteiger partial charge is 0.261 e. The molecule has 1 saturated heterocycles. The molecule has 5 rings (SSSR count). The van der Waals surface area contributed by atoms with Gasteiger partial charge in [-0.3, -0.25) is 28.9 Å². The van der Waals surface area contributed by atoms with Gasteiger partial charge in [0.05, 0.1) is 16.4 Å². The van der Waals surface area contributed by atoms with Crippen LogP contribution in [0.5, 0.6) is 0 Å². The number of carbonyl (C=O) groups excluding carboxylic acids is 5. The Balaban J connectivity index is 1.32. The molecule has 5 atom stereocenters. The van der Waals surface area contributed by atoms with Gasteiger partial charge in [0.2, 0.25) is 17.7 Å². The zero-order chi connectivity index (χ0) is 38.6. The van der Waals surface area contributed by atoms with Gasteiger partial charge < -0.3 is 21.3 Å². The molecule has 5 amide bonds. The lowest BCUT2D eigenvalue weighted by Gasteiger charge is -2.32. The minimum absolute atomic E-state index is 0.0123. The normalized spacial score (nSPS) is 18.9. The molecular formula is C42H53N5O5S2. The third-order valence-corrected chi connectivity index (χ3v) is 13.0. The number of amides is 5. The quantitative estimate of drug-likeness (QED) is 0.0835. The van der Waals surface area contributed by atoms with E-state index < -0.39 is 17.3 Å². The number of hydrogen-bond acceptors (Lipinski definition) is 8. The van der Waals surface area contributed by atoms with Crippen LogP contribution in [-0.2, 0) is 20.8 Å². The molecule has 2 heterocycles. The summed E-state index contributed by atoms with van der Waals surface area (Å²) < 4.78 is 0. The van der Waals surface area contributed by atoms with Crippen molar-refractivity contribution >= 4 is 51.1 Å². The monoisotopic (exact) mass is 771 g/mol. The van der Waals surface area contributed by atoms with Crippen molar-refractivity contribution in [3.05, 3.63) is 107 Å². The van der Waals surface area contributed by atoms with Gasteiger partial charge in [0.25, 0.3) is 11.8 Å². The van der Waals surface area contributed by atoms with Crippen LogP contribution in [0.2, 0.25) is 0 Å². The Morgan fingerprint density at radius 3 is 2.13 bits per heavy atom. The average Bonchev–Trinajstić information content (AvgIpc) is 3.30. The molecule has 3 aromatic carbocycles. The molecule has 54 heavy (non-hydrogen) atoms. The number of benzene rings is 3. The van der Waals surface area contributed by atoms with Gasteiger partial charge in [-0.25, -0.2) is 0 Å². The lowest BCUT2D eigenvalue weighted by atomic mass is 9.90. The van der Waals surface area contributed by atoms with Crippen LogP contribution in [-0.4, -0.2) is 88.6 Å². The van der Waals surface area contributed by atoms with Crippen molar-refractivity contribution < 1.29 is 24.0 Å². The van der Waals surface area contributed by atoms with E-state index in [0.29, 0.717) is 67.9 Å². The van der Waals surface area contributed by atoms with Crippen molar-refractivity contribution in [3.8, 4) is 0 Å². The number of carbonyl (C=O) groups is 5. The number of likely N-dealkylation sites (tertiary alicyclic amines) is 1. The fraction of sp³-hybridized carbons (Fsp3) is 0.452. The summed E-state index contributed by atoms with van der Waals surface area (Å²) >= 11 is 0. The Hall–Kier alpha value is -4.13. The van der Waals surface area contributed by atoms with Crippen molar-refractivity contribution in [2.45, 2.75) is 88.1 Å².